The van der Waals surface area contributed by atoms with Gasteiger partial charge in [-0.1, -0.05) is 18.2 Å². The van der Waals surface area contributed by atoms with Crippen LogP contribution in [0.2, 0.25) is 0 Å². The molecule has 5 nitrogen and oxygen atoms in total. The molecule has 0 radical (unpaired) electrons. The second-order valence-corrected chi connectivity index (χ2v) is 7.35. The first kappa shape index (κ1) is 18.1. The van der Waals surface area contributed by atoms with Gasteiger partial charge in [-0.2, -0.15) is 0 Å². The number of nitrogens with zero attached hydrogens (tertiary/aromatic N) is 2. The van der Waals surface area contributed by atoms with Crippen LogP contribution in [0.1, 0.15) is 47.4 Å². The van der Waals surface area contributed by atoms with Crippen molar-refractivity contribution in [3.05, 3.63) is 71.2 Å². The average molecular weight is 351 g/mol. The molecule has 0 fully saturated rings. The Kier molecular flexibility index (Phi) is 5.09. The van der Waals surface area contributed by atoms with Gasteiger partial charge in [0.1, 0.15) is 5.65 Å². The minimum Gasteiger partial charge on any atom is -0.390 e. The van der Waals surface area contributed by atoms with E-state index >= 15 is 0 Å². The molecule has 3 aromatic rings. The van der Waals surface area contributed by atoms with Crippen LogP contribution in [0.4, 0.5) is 0 Å². The van der Waals surface area contributed by atoms with Crippen molar-refractivity contribution in [2.24, 2.45) is 0 Å². The third-order valence-electron chi connectivity index (χ3n) is 4.37. The summed E-state index contributed by atoms with van der Waals surface area (Å²) in [6.45, 7) is 5.98. The molecule has 2 heterocycles. The van der Waals surface area contributed by atoms with Gasteiger partial charge in [0.2, 0.25) is 0 Å². The van der Waals surface area contributed by atoms with Gasteiger partial charge in [0.15, 0.2) is 0 Å². The molecule has 0 saturated heterocycles. The summed E-state index contributed by atoms with van der Waals surface area (Å²) in [4.78, 5) is 17.0. The third-order valence-corrected chi connectivity index (χ3v) is 4.37. The Hall–Kier alpha value is -2.66. The maximum atomic E-state index is 12.5. The number of carbonyl (C=O) groups is 1. The molecule has 136 valence electrons. The van der Waals surface area contributed by atoms with Crippen LogP contribution in [0.15, 0.2) is 48.8 Å². The van der Waals surface area contributed by atoms with Gasteiger partial charge >= 0.3 is 0 Å². The van der Waals surface area contributed by atoms with Crippen molar-refractivity contribution >= 4 is 11.6 Å². The SMILES string of the molecule is Cc1cccn2cc(CNC(=O)c3cccc(CCC(C)(C)O)c3)nc12. The first-order chi connectivity index (χ1) is 12.3. The molecule has 1 amide bonds. The van der Waals surface area contributed by atoms with Gasteiger partial charge in [0, 0.05) is 18.0 Å². The molecule has 0 atom stereocenters. The van der Waals surface area contributed by atoms with Crippen molar-refractivity contribution < 1.29 is 9.90 Å². The predicted octanol–water partition coefficient (Wildman–Crippen LogP) is 3.28. The number of rotatable bonds is 6. The highest BCUT2D eigenvalue weighted by molar-refractivity contribution is 5.94. The second-order valence-electron chi connectivity index (χ2n) is 7.35. The maximum absolute atomic E-state index is 12.5. The molecule has 0 aliphatic rings. The molecule has 2 N–H and O–H groups in total. The maximum Gasteiger partial charge on any atom is 0.251 e. The van der Waals surface area contributed by atoms with Gasteiger partial charge in [0.25, 0.3) is 5.91 Å². The molecule has 1 aromatic carbocycles. The molecule has 0 saturated carbocycles. The number of aromatic nitrogens is 2. The van der Waals surface area contributed by atoms with E-state index < -0.39 is 5.60 Å². The highest BCUT2D eigenvalue weighted by atomic mass is 16.3. The van der Waals surface area contributed by atoms with Crippen LogP contribution in [-0.4, -0.2) is 26.0 Å². The number of hydrogen-bond donors (Lipinski definition) is 2. The predicted molar refractivity (Wildman–Crippen MR) is 102 cm³/mol. The molecule has 5 heteroatoms. The van der Waals surface area contributed by atoms with E-state index in [0.717, 1.165) is 28.9 Å². The van der Waals surface area contributed by atoms with Crippen molar-refractivity contribution in [2.45, 2.75) is 45.8 Å². The number of aliphatic hydroxyl groups is 1. The normalized spacial score (nSPS) is 11.7. The zero-order chi connectivity index (χ0) is 18.7. The molecular weight excluding hydrogens is 326 g/mol. The number of benzene rings is 1. The van der Waals surface area contributed by atoms with E-state index in [1.165, 1.54) is 0 Å². The highest BCUT2D eigenvalue weighted by Gasteiger charge is 2.13. The summed E-state index contributed by atoms with van der Waals surface area (Å²) in [7, 11) is 0. The van der Waals surface area contributed by atoms with Crippen molar-refractivity contribution in [3.8, 4) is 0 Å². The van der Waals surface area contributed by atoms with Crippen LogP contribution in [-0.2, 0) is 13.0 Å². The third kappa shape index (κ3) is 4.49. The minimum absolute atomic E-state index is 0.121. The fraction of sp³-hybridized carbons (Fsp3) is 0.333. The van der Waals surface area contributed by atoms with E-state index in [-0.39, 0.29) is 5.91 Å². The monoisotopic (exact) mass is 351 g/mol. The zero-order valence-electron chi connectivity index (χ0n) is 15.5. The number of carbonyl (C=O) groups excluding carboxylic acids is 1. The summed E-state index contributed by atoms with van der Waals surface area (Å²) >= 11 is 0. The Balaban J connectivity index is 1.65. The van der Waals surface area contributed by atoms with E-state index in [4.69, 9.17) is 0 Å². The van der Waals surface area contributed by atoms with Crippen molar-refractivity contribution in [2.75, 3.05) is 0 Å². The summed E-state index contributed by atoms with van der Waals surface area (Å²) < 4.78 is 1.97. The Labute approximate surface area is 153 Å². The summed E-state index contributed by atoms with van der Waals surface area (Å²) in [6, 6.07) is 11.5. The first-order valence-electron chi connectivity index (χ1n) is 8.84. The van der Waals surface area contributed by atoms with Crippen molar-refractivity contribution in [1.82, 2.24) is 14.7 Å². The van der Waals surface area contributed by atoms with Crippen LogP contribution in [0.25, 0.3) is 5.65 Å². The Morgan fingerprint density at radius 2 is 2.08 bits per heavy atom. The lowest BCUT2D eigenvalue weighted by Gasteiger charge is -2.16. The number of fused-ring (bicyclic) bond motifs is 1. The minimum atomic E-state index is -0.709. The lowest BCUT2D eigenvalue weighted by atomic mass is 9.98. The molecule has 2 aromatic heterocycles. The lowest BCUT2D eigenvalue weighted by Crippen LogP contribution is -2.23. The molecule has 0 aliphatic heterocycles. The summed E-state index contributed by atoms with van der Waals surface area (Å²) in [5.74, 6) is -0.121. The molecular formula is C21H25N3O2. The highest BCUT2D eigenvalue weighted by Crippen LogP contribution is 2.15. The summed E-state index contributed by atoms with van der Waals surface area (Å²) in [5.41, 5.74) is 3.79. The largest absolute Gasteiger partial charge is 0.390 e. The fourth-order valence-corrected chi connectivity index (χ4v) is 2.88. The Morgan fingerprint density at radius 1 is 1.27 bits per heavy atom. The van der Waals surface area contributed by atoms with Gasteiger partial charge in [-0.25, -0.2) is 4.98 Å². The molecule has 0 unspecified atom stereocenters. The smallest absolute Gasteiger partial charge is 0.251 e. The first-order valence-corrected chi connectivity index (χ1v) is 8.84. The molecule has 26 heavy (non-hydrogen) atoms. The molecule has 0 spiro atoms. The van der Waals surface area contributed by atoms with Crippen LogP contribution < -0.4 is 5.32 Å². The molecule has 3 rings (SSSR count). The molecule has 0 bridgehead atoms. The van der Waals surface area contributed by atoms with Gasteiger partial charge in [0.05, 0.1) is 17.8 Å². The van der Waals surface area contributed by atoms with Crippen LogP contribution in [0.5, 0.6) is 0 Å². The van der Waals surface area contributed by atoms with Gasteiger partial charge < -0.3 is 14.8 Å². The van der Waals surface area contributed by atoms with Crippen molar-refractivity contribution in [1.29, 1.82) is 0 Å². The molecule has 0 aliphatic carbocycles. The second kappa shape index (κ2) is 7.30. The number of amides is 1. The van der Waals surface area contributed by atoms with E-state index in [2.05, 4.69) is 10.3 Å². The Bertz CT molecular complexity index is 922. The van der Waals surface area contributed by atoms with Crippen LogP contribution >= 0.6 is 0 Å². The topological polar surface area (TPSA) is 66.6 Å². The van der Waals surface area contributed by atoms with Gasteiger partial charge in [-0.3, -0.25) is 4.79 Å². The zero-order valence-corrected chi connectivity index (χ0v) is 15.5. The van der Waals surface area contributed by atoms with E-state index in [1.807, 2.05) is 54.0 Å². The summed E-state index contributed by atoms with van der Waals surface area (Å²) in [6.07, 6.45) is 5.27. The van der Waals surface area contributed by atoms with E-state index in [0.29, 0.717) is 18.5 Å². The fourth-order valence-electron chi connectivity index (χ4n) is 2.88. The number of pyridine rings is 1. The average Bonchev–Trinajstić information content (AvgIpc) is 3.02. The van der Waals surface area contributed by atoms with Gasteiger partial charge in [-0.15, -0.1) is 0 Å². The lowest BCUT2D eigenvalue weighted by molar-refractivity contribution is 0.0714. The Morgan fingerprint density at radius 3 is 2.81 bits per heavy atom. The van der Waals surface area contributed by atoms with E-state index in [1.54, 1.807) is 19.9 Å². The number of aryl methyl sites for hydroxylation is 2. The van der Waals surface area contributed by atoms with Crippen LogP contribution in [0, 0.1) is 6.92 Å². The van der Waals surface area contributed by atoms with Gasteiger partial charge in [-0.05, 0) is 62.9 Å². The quantitative estimate of drug-likeness (QED) is 0.716. The van der Waals surface area contributed by atoms with Crippen molar-refractivity contribution in [3.63, 3.8) is 0 Å². The summed E-state index contributed by atoms with van der Waals surface area (Å²) in [5, 5.41) is 12.8. The van der Waals surface area contributed by atoms with Crippen LogP contribution in [0.3, 0.4) is 0 Å². The number of nitrogens with one attached hydrogen (secondary N) is 1. The standard InChI is InChI=1S/C21H25N3O2/c1-15-6-5-11-24-14-18(23-19(15)24)13-22-20(25)17-8-4-7-16(12-17)9-10-21(2,3)26/h4-8,11-12,14,26H,9-10,13H2,1-3H3,(H,22,25). The number of imidazole rings is 1. The van der Waals surface area contributed by atoms with E-state index in [9.17, 15) is 9.90 Å². The number of hydrogen-bond acceptors (Lipinski definition) is 3.